The SMILES string of the molecule is CCC(=O)N[C@@H](CO[C@@H](OC(CF)[C@H](O)CO)[C@H](C)O)[C@H](O)[C@H](O)CC. The Morgan fingerprint density at radius 2 is 1.77 bits per heavy atom. The lowest BCUT2D eigenvalue weighted by Gasteiger charge is -2.31. The fraction of sp³-hybridized carbons (Fsp3) is 0.938. The molecule has 0 heterocycles. The summed E-state index contributed by atoms with van der Waals surface area (Å²) >= 11 is 0. The number of aliphatic hydroxyl groups is 5. The van der Waals surface area contributed by atoms with Crippen LogP contribution in [0.25, 0.3) is 0 Å². The Morgan fingerprint density at radius 3 is 2.19 bits per heavy atom. The number of rotatable bonds is 14. The van der Waals surface area contributed by atoms with Gasteiger partial charge in [0.25, 0.3) is 0 Å². The minimum atomic E-state index is -1.51. The maximum absolute atomic E-state index is 13.0. The maximum atomic E-state index is 13.0. The van der Waals surface area contributed by atoms with Gasteiger partial charge in [-0.25, -0.2) is 4.39 Å². The molecule has 0 fully saturated rings. The number of carbonyl (C=O) groups excluding carboxylic acids is 1. The molecule has 9 nitrogen and oxygen atoms in total. The van der Waals surface area contributed by atoms with Crippen molar-refractivity contribution in [2.24, 2.45) is 0 Å². The fourth-order valence-electron chi connectivity index (χ4n) is 2.05. The highest BCUT2D eigenvalue weighted by Crippen LogP contribution is 2.12. The molecule has 26 heavy (non-hydrogen) atoms. The van der Waals surface area contributed by atoms with E-state index >= 15 is 0 Å². The molecule has 0 bridgehead atoms. The zero-order chi connectivity index (χ0) is 20.3. The quantitative estimate of drug-likeness (QED) is 0.197. The van der Waals surface area contributed by atoms with E-state index in [2.05, 4.69) is 5.32 Å². The van der Waals surface area contributed by atoms with Crippen LogP contribution in [-0.2, 0) is 14.3 Å². The molecular formula is C16H32FNO8. The summed E-state index contributed by atoms with van der Waals surface area (Å²) in [4.78, 5) is 11.6. The van der Waals surface area contributed by atoms with E-state index < -0.39 is 56.1 Å². The second-order valence-electron chi connectivity index (χ2n) is 6.01. The van der Waals surface area contributed by atoms with Gasteiger partial charge in [0.1, 0.15) is 31.1 Å². The number of ether oxygens (including phenoxy) is 2. The van der Waals surface area contributed by atoms with E-state index in [0.29, 0.717) is 0 Å². The third-order valence-corrected chi connectivity index (χ3v) is 3.80. The lowest BCUT2D eigenvalue weighted by molar-refractivity contribution is -0.237. The molecule has 0 aromatic heterocycles. The Morgan fingerprint density at radius 1 is 1.15 bits per heavy atom. The van der Waals surface area contributed by atoms with Gasteiger partial charge in [-0.2, -0.15) is 0 Å². The Kier molecular flexibility index (Phi) is 12.9. The van der Waals surface area contributed by atoms with E-state index in [0.717, 1.165) is 0 Å². The first-order chi connectivity index (χ1) is 12.2. The standard InChI is InChI=1S/C16H32FNO8/c1-4-11(21)15(24)10(18-14(23)5-2)8-25-16(9(3)20)26-13(6-17)12(22)7-19/h9-13,15-16,19-22,24H,4-8H2,1-3H3,(H,18,23)/t9-,10-,11+,12+,13?,15-,16-/m0/s1. The van der Waals surface area contributed by atoms with Crippen molar-refractivity contribution < 1.29 is 44.2 Å². The molecule has 0 saturated carbocycles. The van der Waals surface area contributed by atoms with Gasteiger partial charge in [0, 0.05) is 6.42 Å². The van der Waals surface area contributed by atoms with Gasteiger partial charge in [-0.05, 0) is 13.3 Å². The number of hydrogen-bond donors (Lipinski definition) is 6. The molecule has 0 aromatic rings. The largest absolute Gasteiger partial charge is 0.394 e. The van der Waals surface area contributed by atoms with Gasteiger partial charge in [0.05, 0.1) is 25.4 Å². The lowest BCUT2D eigenvalue weighted by atomic mass is 10.0. The topological polar surface area (TPSA) is 149 Å². The third-order valence-electron chi connectivity index (χ3n) is 3.80. The summed E-state index contributed by atoms with van der Waals surface area (Å²) in [5.74, 6) is -0.382. The van der Waals surface area contributed by atoms with Crippen LogP contribution in [-0.4, -0.2) is 94.2 Å². The second kappa shape index (κ2) is 13.3. The minimum Gasteiger partial charge on any atom is -0.394 e. The van der Waals surface area contributed by atoms with Crippen LogP contribution < -0.4 is 5.32 Å². The third kappa shape index (κ3) is 8.67. The van der Waals surface area contributed by atoms with Crippen molar-refractivity contribution in [3.05, 3.63) is 0 Å². The average molecular weight is 385 g/mol. The van der Waals surface area contributed by atoms with E-state index in [1.807, 2.05) is 0 Å². The van der Waals surface area contributed by atoms with Gasteiger partial charge < -0.3 is 40.3 Å². The van der Waals surface area contributed by atoms with Crippen molar-refractivity contribution in [2.45, 2.75) is 76.5 Å². The molecule has 0 aromatic carbocycles. The van der Waals surface area contributed by atoms with Crippen LogP contribution >= 0.6 is 0 Å². The predicted octanol–water partition coefficient (Wildman–Crippen LogP) is -1.56. The highest BCUT2D eigenvalue weighted by atomic mass is 19.1. The number of halogens is 1. The summed E-state index contributed by atoms with van der Waals surface area (Å²) < 4.78 is 23.4. The summed E-state index contributed by atoms with van der Waals surface area (Å²) in [6.07, 6.45) is -7.60. The van der Waals surface area contributed by atoms with Crippen LogP contribution in [0, 0.1) is 0 Å². The zero-order valence-electron chi connectivity index (χ0n) is 15.4. The lowest BCUT2D eigenvalue weighted by Crippen LogP contribution is -2.52. The average Bonchev–Trinajstić information content (AvgIpc) is 2.64. The van der Waals surface area contributed by atoms with Crippen LogP contribution in [0.3, 0.4) is 0 Å². The van der Waals surface area contributed by atoms with Gasteiger partial charge >= 0.3 is 0 Å². The number of alkyl halides is 1. The first-order valence-corrected chi connectivity index (χ1v) is 8.67. The van der Waals surface area contributed by atoms with Gasteiger partial charge in [0.15, 0.2) is 6.29 Å². The molecule has 0 aliphatic carbocycles. The Hall–Kier alpha value is -0.880. The fourth-order valence-corrected chi connectivity index (χ4v) is 2.05. The Balaban J connectivity index is 5.01. The summed E-state index contributed by atoms with van der Waals surface area (Å²) in [7, 11) is 0. The number of aliphatic hydroxyl groups excluding tert-OH is 5. The van der Waals surface area contributed by atoms with Gasteiger partial charge in [-0.3, -0.25) is 4.79 Å². The highest BCUT2D eigenvalue weighted by Gasteiger charge is 2.31. The van der Waals surface area contributed by atoms with Crippen molar-refractivity contribution in [1.29, 1.82) is 0 Å². The number of amides is 1. The zero-order valence-corrected chi connectivity index (χ0v) is 15.4. The van der Waals surface area contributed by atoms with Gasteiger partial charge in [-0.15, -0.1) is 0 Å². The van der Waals surface area contributed by atoms with E-state index in [1.165, 1.54) is 6.92 Å². The molecule has 0 radical (unpaired) electrons. The maximum Gasteiger partial charge on any atom is 0.220 e. The Bertz CT molecular complexity index is 387. The predicted molar refractivity (Wildman–Crippen MR) is 89.9 cm³/mol. The number of nitrogens with one attached hydrogen (secondary N) is 1. The summed E-state index contributed by atoms with van der Waals surface area (Å²) in [6, 6.07) is -0.992. The molecule has 10 heteroatoms. The van der Waals surface area contributed by atoms with E-state index in [1.54, 1.807) is 13.8 Å². The highest BCUT2D eigenvalue weighted by molar-refractivity contribution is 5.75. The molecule has 1 unspecified atom stereocenters. The van der Waals surface area contributed by atoms with Crippen LogP contribution in [0.1, 0.15) is 33.6 Å². The molecule has 0 aliphatic heterocycles. The van der Waals surface area contributed by atoms with E-state index in [9.17, 15) is 29.6 Å². The van der Waals surface area contributed by atoms with Crippen molar-refractivity contribution in [1.82, 2.24) is 5.32 Å². The van der Waals surface area contributed by atoms with Crippen LogP contribution in [0.2, 0.25) is 0 Å². The van der Waals surface area contributed by atoms with Crippen molar-refractivity contribution in [3.8, 4) is 0 Å². The summed E-state index contributed by atoms with van der Waals surface area (Å²) in [5, 5.41) is 50.5. The summed E-state index contributed by atoms with van der Waals surface area (Å²) in [6.45, 7) is 2.37. The minimum absolute atomic E-state index is 0.147. The number of hydrogen-bond acceptors (Lipinski definition) is 8. The summed E-state index contributed by atoms with van der Waals surface area (Å²) in [5.41, 5.74) is 0. The van der Waals surface area contributed by atoms with Gasteiger partial charge in [-0.1, -0.05) is 13.8 Å². The monoisotopic (exact) mass is 385 g/mol. The van der Waals surface area contributed by atoms with Gasteiger partial charge in [0.2, 0.25) is 5.91 Å². The molecule has 0 rings (SSSR count). The molecule has 0 saturated heterocycles. The van der Waals surface area contributed by atoms with Crippen molar-refractivity contribution in [3.63, 3.8) is 0 Å². The normalized spacial score (nSPS) is 19.9. The van der Waals surface area contributed by atoms with Crippen molar-refractivity contribution in [2.75, 3.05) is 19.9 Å². The molecule has 7 atom stereocenters. The smallest absolute Gasteiger partial charge is 0.220 e. The van der Waals surface area contributed by atoms with Crippen LogP contribution in [0.4, 0.5) is 4.39 Å². The van der Waals surface area contributed by atoms with Crippen molar-refractivity contribution >= 4 is 5.91 Å². The first-order valence-electron chi connectivity index (χ1n) is 8.67. The molecule has 0 spiro atoms. The Labute approximate surface area is 152 Å². The molecule has 6 N–H and O–H groups in total. The molecule has 0 aliphatic rings. The van der Waals surface area contributed by atoms with E-state index in [4.69, 9.17) is 14.6 Å². The van der Waals surface area contributed by atoms with Crippen LogP contribution in [0.15, 0.2) is 0 Å². The molecule has 1 amide bonds. The second-order valence-corrected chi connectivity index (χ2v) is 6.01. The van der Waals surface area contributed by atoms with Crippen LogP contribution in [0.5, 0.6) is 0 Å². The molecular weight excluding hydrogens is 353 g/mol. The first kappa shape index (κ1) is 25.1. The number of carbonyl (C=O) groups is 1. The van der Waals surface area contributed by atoms with E-state index in [-0.39, 0.29) is 25.4 Å². The molecule has 156 valence electrons.